The van der Waals surface area contributed by atoms with Crippen LogP contribution in [0.4, 0.5) is 4.79 Å². The van der Waals surface area contributed by atoms with Gasteiger partial charge in [0.1, 0.15) is 0 Å². The number of rotatable bonds is 4. The zero-order valence-electron chi connectivity index (χ0n) is 13.6. The second-order valence-corrected chi connectivity index (χ2v) is 6.88. The van der Waals surface area contributed by atoms with Crippen molar-refractivity contribution >= 4 is 17.7 Å². The fourth-order valence-electron chi connectivity index (χ4n) is 3.50. The third kappa shape index (κ3) is 3.25. The number of benzene rings is 2. The van der Waals surface area contributed by atoms with Crippen LogP contribution in [0, 0.1) is 0 Å². The molecule has 0 aromatic heterocycles. The van der Waals surface area contributed by atoms with Gasteiger partial charge in [-0.15, -0.1) is 0 Å². The number of halogens is 1. The Morgan fingerprint density at radius 3 is 2.54 bits per heavy atom. The molecule has 1 aliphatic rings. The van der Waals surface area contributed by atoms with Crippen molar-refractivity contribution in [3.63, 3.8) is 0 Å². The van der Waals surface area contributed by atoms with E-state index in [1.54, 1.807) is 4.90 Å². The molecule has 2 aromatic rings. The number of amides is 1. The Hall–Kier alpha value is -2.04. The Kier molecular flexibility index (Phi) is 4.78. The molecule has 1 fully saturated rings. The second-order valence-electron chi connectivity index (χ2n) is 6.45. The summed E-state index contributed by atoms with van der Waals surface area (Å²) in [6.45, 7) is 3.76. The van der Waals surface area contributed by atoms with Gasteiger partial charge in [0, 0.05) is 30.6 Å². The third-order valence-electron chi connectivity index (χ3n) is 4.89. The van der Waals surface area contributed by atoms with E-state index in [1.807, 2.05) is 61.5 Å². The van der Waals surface area contributed by atoms with Crippen LogP contribution >= 0.6 is 11.6 Å². The Bertz CT molecular complexity index is 705. The van der Waals surface area contributed by atoms with Gasteiger partial charge >= 0.3 is 6.09 Å². The molecule has 0 aliphatic carbocycles. The van der Waals surface area contributed by atoms with Gasteiger partial charge in [-0.1, -0.05) is 54.1 Å². The van der Waals surface area contributed by atoms with Crippen LogP contribution in [0.15, 0.2) is 54.6 Å². The van der Waals surface area contributed by atoms with E-state index in [0.29, 0.717) is 18.1 Å². The largest absolute Gasteiger partial charge is 0.465 e. The minimum atomic E-state index is -0.899. The van der Waals surface area contributed by atoms with Crippen LogP contribution in [0.3, 0.4) is 0 Å². The van der Waals surface area contributed by atoms with Crippen LogP contribution in [0.1, 0.15) is 24.0 Å². The molecule has 2 N–H and O–H groups in total. The van der Waals surface area contributed by atoms with Gasteiger partial charge in [-0.2, -0.15) is 0 Å². The van der Waals surface area contributed by atoms with Gasteiger partial charge in [-0.25, -0.2) is 4.79 Å². The molecule has 0 radical (unpaired) electrons. The van der Waals surface area contributed by atoms with Gasteiger partial charge in [-0.3, -0.25) is 4.90 Å². The lowest BCUT2D eigenvalue weighted by atomic mass is 9.82. The van der Waals surface area contributed by atoms with Crippen LogP contribution in [-0.4, -0.2) is 34.7 Å². The van der Waals surface area contributed by atoms with Gasteiger partial charge in [0.05, 0.1) is 5.54 Å². The topological polar surface area (TPSA) is 52.6 Å². The van der Waals surface area contributed by atoms with Crippen molar-refractivity contribution in [2.24, 2.45) is 0 Å². The first-order valence-electron chi connectivity index (χ1n) is 8.01. The van der Waals surface area contributed by atoms with Gasteiger partial charge in [-0.05, 0) is 30.2 Å². The van der Waals surface area contributed by atoms with E-state index in [0.717, 1.165) is 17.7 Å². The van der Waals surface area contributed by atoms with Crippen molar-refractivity contribution < 1.29 is 9.90 Å². The van der Waals surface area contributed by atoms with Crippen molar-refractivity contribution in [3.05, 3.63) is 70.7 Å². The molecular formula is C19H21ClN2O2. The Labute approximate surface area is 147 Å². The minimum Gasteiger partial charge on any atom is -0.465 e. The maximum absolute atomic E-state index is 12.0. The normalized spacial score (nSPS) is 23.2. The van der Waals surface area contributed by atoms with E-state index < -0.39 is 11.6 Å². The van der Waals surface area contributed by atoms with E-state index >= 15 is 0 Å². The van der Waals surface area contributed by atoms with Gasteiger partial charge in [0.25, 0.3) is 0 Å². The summed E-state index contributed by atoms with van der Waals surface area (Å²) in [4.78, 5) is 13.6. The number of carboxylic acid groups (broad SMARTS) is 1. The SMILES string of the molecule is CC1(N(Cc2ccccc2)C(=O)O)CNCC1c1ccc(Cl)cc1. The molecule has 126 valence electrons. The van der Waals surface area contributed by atoms with E-state index in [2.05, 4.69) is 5.32 Å². The summed E-state index contributed by atoms with van der Waals surface area (Å²) in [5, 5.41) is 13.9. The minimum absolute atomic E-state index is 0.0783. The molecule has 4 nitrogen and oxygen atoms in total. The fourth-order valence-corrected chi connectivity index (χ4v) is 3.63. The highest BCUT2D eigenvalue weighted by Crippen LogP contribution is 2.37. The van der Waals surface area contributed by atoms with Gasteiger partial charge in [0.15, 0.2) is 0 Å². The molecule has 5 heteroatoms. The molecule has 0 saturated carbocycles. The Balaban J connectivity index is 1.92. The van der Waals surface area contributed by atoms with Crippen LogP contribution in [0.5, 0.6) is 0 Å². The second kappa shape index (κ2) is 6.83. The summed E-state index contributed by atoms with van der Waals surface area (Å²) in [5.41, 5.74) is 1.57. The number of hydrogen-bond donors (Lipinski definition) is 2. The van der Waals surface area contributed by atoms with Gasteiger partial charge < -0.3 is 10.4 Å². The van der Waals surface area contributed by atoms with Gasteiger partial charge in [0.2, 0.25) is 0 Å². The van der Waals surface area contributed by atoms with Crippen LogP contribution < -0.4 is 5.32 Å². The standard InChI is InChI=1S/C19H21ClN2O2/c1-19(22(18(23)24)12-14-5-3-2-4-6-14)13-21-11-17(19)15-7-9-16(20)10-8-15/h2-10,17,21H,11-13H2,1H3,(H,23,24). The lowest BCUT2D eigenvalue weighted by Crippen LogP contribution is -2.53. The quantitative estimate of drug-likeness (QED) is 0.882. The molecule has 1 amide bonds. The molecule has 1 saturated heterocycles. The van der Waals surface area contributed by atoms with Crippen LogP contribution in [0.2, 0.25) is 5.02 Å². The molecule has 2 aromatic carbocycles. The van der Waals surface area contributed by atoms with E-state index in [1.165, 1.54) is 0 Å². The average molecular weight is 345 g/mol. The predicted octanol–water partition coefficient (Wildman–Crippen LogP) is 3.97. The van der Waals surface area contributed by atoms with Crippen LogP contribution in [-0.2, 0) is 6.54 Å². The summed E-state index contributed by atoms with van der Waals surface area (Å²) in [7, 11) is 0. The zero-order chi connectivity index (χ0) is 17.2. The summed E-state index contributed by atoms with van der Waals surface area (Å²) in [6.07, 6.45) is -0.899. The number of nitrogens with zero attached hydrogens (tertiary/aromatic N) is 1. The first kappa shape index (κ1) is 16.8. The predicted molar refractivity (Wildman–Crippen MR) is 95.5 cm³/mol. The van der Waals surface area contributed by atoms with E-state index in [4.69, 9.17) is 11.6 Å². The molecule has 1 heterocycles. The molecule has 0 spiro atoms. The molecule has 1 aliphatic heterocycles. The molecule has 3 rings (SSSR count). The lowest BCUT2D eigenvalue weighted by Gasteiger charge is -2.40. The average Bonchev–Trinajstić information content (AvgIpc) is 2.96. The molecule has 24 heavy (non-hydrogen) atoms. The highest BCUT2D eigenvalue weighted by Gasteiger charge is 2.46. The zero-order valence-corrected chi connectivity index (χ0v) is 14.3. The highest BCUT2D eigenvalue weighted by molar-refractivity contribution is 6.30. The first-order chi connectivity index (χ1) is 11.5. The Morgan fingerprint density at radius 1 is 1.25 bits per heavy atom. The highest BCUT2D eigenvalue weighted by atomic mass is 35.5. The molecule has 2 atom stereocenters. The summed E-state index contributed by atoms with van der Waals surface area (Å²) in [6, 6.07) is 17.4. The molecule has 2 unspecified atom stereocenters. The number of hydrogen-bond acceptors (Lipinski definition) is 2. The maximum Gasteiger partial charge on any atom is 0.408 e. The van der Waals surface area contributed by atoms with E-state index in [9.17, 15) is 9.90 Å². The van der Waals surface area contributed by atoms with Crippen LogP contribution in [0.25, 0.3) is 0 Å². The van der Waals surface area contributed by atoms with Crippen molar-refractivity contribution in [2.45, 2.75) is 24.9 Å². The Morgan fingerprint density at radius 2 is 1.92 bits per heavy atom. The smallest absolute Gasteiger partial charge is 0.408 e. The monoisotopic (exact) mass is 344 g/mol. The van der Waals surface area contributed by atoms with Crippen molar-refractivity contribution in [2.75, 3.05) is 13.1 Å². The number of nitrogens with one attached hydrogen (secondary N) is 1. The van der Waals surface area contributed by atoms with Crippen molar-refractivity contribution in [1.29, 1.82) is 0 Å². The van der Waals surface area contributed by atoms with Crippen molar-refractivity contribution in [3.8, 4) is 0 Å². The summed E-state index contributed by atoms with van der Waals surface area (Å²) < 4.78 is 0. The van der Waals surface area contributed by atoms with E-state index in [-0.39, 0.29) is 5.92 Å². The molecule has 0 bridgehead atoms. The van der Waals surface area contributed by atoms with Crippen molar-refractivity contribution in [1.82, 2.24) is 10.2 Å². The summed E-state index contributed by atoms with van der Waals surface area (Å²) >= 11 is 5.99. The fraction of sp³-hybridized carbons (Fsp3) is 0.316. The first-order valence-corrected chi connectivity index (χ1v) is 8.39. The number of carbonyl (C=O) groups is 1. The third-order valence-corrected chi connectivity index (χ3v) is 5.14. The molecular weight excluding hydrogens is 324 g/mol. The maximum atomic E-state index is 12.0. The lowest BCUT2D eigenvalue weighted by molar-refractivity contribution is 0.0791. The summed E-state index contributed by atoms with van der Waals surface area (Å²) in [5.74, 6) is 0.0783.